The minimum atomic E-state index is -2.75. The minimum absolute atomic E-state index is 0. The Morgan fingerprint density at radius 2 is 0.652 bits per heavy atom. The van der Waals surface area contributed by atoms with Gasteiger partial charge in [-0.3, -0.25) is 0 Å². The standard InChI is InChI=1S/C18H15Br2P.2BrH/c19-21(20,16-10-4-1-5-11-16,17-12-6-2-7-13-17)18-14-8-3-9-15-18;;/h1-15H;2*1H. The van der Waals surface area contributed by atoms with Crippen molar-refractivity contribution in [3.63, 3.8) is 0 Å². The second-order valence-corrected chi connectivity index (χ2v) is 19.6. The monoisotopic (exact) mass is 580 g/mol. The van der Waals surface area contributed by atoms with Crippen molar-refractivity contribution in [2.45, 2.75) is 0 Å². The zero-order valence-corrected chi connectivity index (χ0v) is 19.7. The zero-order valence-electron chi connectivity index (χ0n) is 12.2. The van der Waals surface area contributed by atoms with Gasteiger partial charge in [-0.1, -0.05) is 0 Å². The first-order valence-corrected chi connectivity index (χ1v) is 13.0. The first-order chi connectivity index (χ1) is 10.1. The van der Waals surface area contributed by atoms with Gasteiger partial charge in [-0.25, -0.2) is 0 Å². The van der Waals surface area contributed by atoms with Crippen molar-refractivity contribution in [2.24, 2.45) is 0 Å². The molecule has 0 bridgehead atoms. The summed E-state index contributed by atoms with van der Waals surface area (Å²) in [6.07, 6.45) is 0. The quantitative estimate of drug-likeness (QED) is 0.318. The molecule has 122 valence electrons. The summed E-state index contributed by atoms with van der Waals surface area (Å²) in [7, 11) is 0. The summed E-state index contributed by atoms with van der Waals surface area (Å²) in [6.45, 7) is 0. The molecule has 0 nitrogen and oxygen atoms in total. The second-order valence-electron chi connectivity index (χ2n) is 4.91. The topological polar surface area (TPSA) is 0 Å². The first-order valence-electron chi connectivity index (χ1n) is 6.74. The van der Waals surface area contributed by atoms with Crippen molar-refractivity contribution in [2.75, 3.05) is 0 Å². The van der Waals surface area contributed by atoms with Crippen LogP contribution in [-0.2, 0) is 0 Å². The molecule has 3 aromatic carbocycles. The molecule has 0 amide bonds. The van der Waals surface area contributed by atoms with E-state index < -0.39 is 4.01 Å². The van der Waals surface area contributed by atoms with Crippen LogP contribution in [0.5, 0.6) is 0 Å². The van der Waals surface area contributed by atoms with Crippen molar-refractivity contribution < 1.29 is 0 Å². The Bertz CT molecular complexity index is 627. The Labute approximate surface area is 174 Å². The van der Waals surface area contributed by atoms with Gasteiger partial charge in [0.05, 0.1) is 0 Å². The van der Waals surface area contributed by atoms with Crippen LogP contribution in [-0.4, -0.2) is 0 Å². The molecule has 3 aromatic rings. The second kappa shape index (κ2) is 8.40. The summed E-state index contributed by atoms with van der Waals surface area (Å²) >= 11 is 8.32. The molecule has 3 rings (SSSR count). The fraction of sp³-hybridized carbons (Fsp3) is 0. The molecule has 0 saturated heterocycles. The van der Waals surface area contributed by atoms with Crippen LogP contribution in [0.2, 0.25) is 0 Å². The Hall–Kier alpha value is 0.0100. The van der Waals surface area contributed by atoms with Crippen LogP contribution in [0.25, 0.3) is 0 Å². The average molecular weight is 584 g/mol. The van der Waals surface area contributed by atoms with Gasteiger partial charge >= 0.3 is 142 Å². The van der Waals surface area contributed by atoms with Gasteiger partial charge < -0.3 is 0 Å². The Morgan fingerprint density at radius 3 is 0.870 bits per heavy atom. The van der Waals surface area contributed by atoms with Gasteiger partial charge in [0, 0.05) is 0 Å². The van der Waals surface area contributed by atoms with Gasteiger partial charge in [-0.2, -0.15) is 0 Å². The van der Waals surface area contributed by atoms with E-state index in [0.29, 0.717) is 0 Å². The normalized spacial score (nSPS) is 12.2. The van der Waals surface area contributed by atoms with Gasteiger partial charge in [0.25, 0.3) is 0 Å². The van der Waals surface area contributed by atoms with Gasteiger partial charge in [-0.05, 0) is 0 Å². The van der Waals surface area contributed by atoms with Crippen LogP contribution in [0.3, 0.4) is 0 Å². The third kappa shape index (κ3) is 3.82. The van der Waals surface area contributed by atoms with Crippen LogP contribution in [0.4, 0.5) is 0 Å². The van der Waals surface area contributed by atoms with E-state index in [1.165, 1.54) is 15.9 Å². The Kier molecular flexibility index (Phi) is 7.69. The predicted molar refractivity (Wildman–Crippen MR) is 124 cm³/mol. The van der Waals surface area contributed by atoms with Crippen molar-refractivity contribution in [3.05, 3.63) is 91.0 Å². The molecule has 0 aliphatic rings. The summed E-state index contributed by atoms with van der Waals surface area (Å²) in [5.74, 6) is 0. The number of hydrogen-bond acceptors (Lipinski definition) is 0. The third-order valence-corrected chi connectivity index (χ3v) is 14.6. The van der Waals surface area contributed by atoms with Crippen LogP contribution in [0.1, 0.15) is 0 Å². The molecule has 0 heterocycles. The summed E-state index contributed by atoms with van der Waals surface area (Å²) in [5.41, 5.74) is 0. The summed E-state index contributed by atoms with van der Waals surface area (Å²) in [5, 5.41) is 3.79. The van der Waals surface area contributed by atoms with Gasteiger partial charge in [0.15, 0.2) is 0 Å². The molecule has 0 fully saturated rings. The van der Waals surface area contributed by atoms with Crippen LogP contribution >= 0.6 is 68.9 Å². The summed E-state index contributed by atoms with van der Waals surface area (Å²) in [6, 6.07) is 31.8. The molecule has 0 aromatic heterocycles. The third-order valence-electron chi connectivity index (χ3n) is 3.63. The maximum atomic E-state index is 4.16. The van der Waals surface area contributed by atoms with Crippen molar-refractivity contribution in [1.82, 2.24) is 0 Å². The molecule has 0 atom stereocenters. The first kappa shape index (κ1) is 21.1. The Morgan fingerprint density at radius 1 is 0.435 bits per heavy atom. The fourth-order valence-electron chi connectivity index (χ4n) is 2.52. The van der Waals surface area contributed by atoms with Crippen LogP contribution in [0.15, 0.2) is 91.0 Å². The number of rotatable bonds is 3. The zero-order chi connectivity index (χ0) is 14.8. The average Bonchev–Trinajstić information content (AvgIpc) is 2.57. The van der Waals surface area contributed by atoms with Crippen molar-refractivity contribution in [3.8, 4) is 0 Å². The van der Waals surface area contributed by atoms with Gasteiger partial charge in [0.2, 0.25) is 0 Å². The number of hydrogen-bond donors (Lipinski definition) is 0. The molecule has 0 aliphatic carbocycles. The molecule has 0 spiro atoms. The van der Waals surface area contributed by atoms with Crippen LogP contribution < -0.4 is 15.9 Å². The van der Waals surface area contributed by atoms with Crippen LogP contribution in [0, 0.1) is 0 Å². The van der Waals surface area contributed by atoms with E-state index in [2.05, 4.69) is 122 Å². The van der Waals surface area contributed by atoms with E-state index in [-0.39, 0.29) is 34.0 Å². The van der Waals surface area contributed by atoms with Crippen molar-refractivity contribution in [1.29, 1.82) is 0 Å². The molecule has 0 unspecified atom stereocenters. The number of halogens is 4. The SMILES string of the molecule is Br.Br.BrP(Br)(c1ccccc1)(c1ccccc1)c1ccccc1. The predicted octanol–water partition coefficient (Wildman–Crippen LogP) is 6.29. The van der Waals surface area contributed by atoms with Gasteiger partial charge in [-0.15, -0.1) is 34.0 Å². The molecule has 23 heavy (non-hydrogen) atoms. The van der Waals surface area contributed by atoms with E-state index in [1.807, 2.05) is 0 Å². The molecule has 0 aliphatic heterocycles. The maximum absolute atomic E-state index is 4.16. The van der Waals surface area contributed by atoms with E-state index in [1.54, 1.807) is 0 Å². The van der Waals surface area contributed by atoms with E-state index in [0.717, 1.165) is 0 Å². The summed E-state index contributed by atoms with van der Waals surface area (Å²) < 4.78 is -2.75. The molecule has 5 heteroatoms. The fourth-order valence-corrected chi connectivity index (χ4v) is 9.75. The molecular formula is C18H17Br4P. The molecular weight excluding hydrogens is 567 g/mol. The van der Waals surface area contributed by atoms with E-state index in [4.69, 9.17) is 0 Å². The van der Waals surface area contributed by atoms with Gasteiger partial charge in [0.1, 0.15) is 0 Å². The number of benzene rings is 3. The summed E-state index contributed by atoms with van der Waals surface area (Å²) in [4.78, 5) is 0. The van der Waals surface area contributed by atoms with Crippen molar-refractivity contribution >= 4 is 84.9 Å². The van der Waals surface area contributed by atoms with E-state index >= 15 is 0 Å². The molecule has 0 N–H and O–H groups in total. The van der Waals surface area contributed by atoms with E-state index in [9.17, 15) is 0 Å². The molecule has 0 saturated carbocycles. The molecule has 0 radical (unpaired) electrons. The Balaban J connectivity index is 0.00000132.